The van der Waals surface area contributed by atoms with Crippen molar-refractivity contribution in [3.63, 3.8) is 0 Å². The maximum atomic E-state index is 12.9. The third kappa shape index (κ3) is 5.24. The number of nitrogens with zero attached hydrogens (tertiary/aromatic N) is 2. The van der Waals surface area contributed by atoms with Gasteiger partial charge in [0.2, 0.25) is 15.9 Å². The van der Waals surface area contributed by atoms with Crippen LogP contribution < -0.4 is 5.32 Å². The topological polar surface area (TPSA) is 79.0 Å². The number of morpholine rings is 1. The first kappa shape index (κ1) is 21.5. The summed E-state index contributed by atoms with van der Waals surface area (Å²) >= 11 is 6.18. The Labute approximate surface area is 172 Å². The van der Waals surface area contributed by atoms with E-state index in [4.69, 9.17) is 16.3 Å². The first-order valence-corrected chi connectivity index (χ1v) is 11.5. The van der Waals surface area contributed by atoms with Crippen LogP contribution in [0.25, 0.3) is 0 Å². The molecular formula is C19H28ClN3O4S. The molecule has 2 atom stereocenters. The minimum atomic E-state index is -3.67. The van der Waals surface area contributed by atoms with E-state index >= 15 is 0 Å². The number of halogens is 1. The Bertz CT molecular complexity index is 801. The fourth-order valence-corrected chi connectivity index (χ4v) is 5.86. The van der Waals surface area contributed by atoms with Crippen molar-refractivity contribution in [3.05, 3.63) is 23.2 Å². The lowest BCUT2D eigenvalue weighted by Gasteiger charge is -2.34. The molecule has 0 aliphatic carbocycles. The molecule has 2 saturated heterocycles. The number of hydrogen-bond acceptors (Lipinski definition) is 5. The number of benzene rings is 1. The Balaban J connectivity index is 1.69. The lowest BCUT2D eigenvalue weighted by molar-refractivity contribution is -0.121. The molecule has 1 amide bonds. The van der Waals surface area contributed by atoms with Gasteiger partial charge in [0.25, 0.3) is 0 Å². The van der Waals surface area contributed by atoms with Crippen LogP contribution in [-0.2, 0) is 19.6 Å². The Morgan fingerprint density at radius 1 is 1.18 bits per heavy atom. The zero-order chi connectivity index (χ0) is 20.3. The molecule has 2 heterocycles. The summed E-state index contributed by atoms with van der Waals surface area (Å²) in [6.07, 6.45) is 2.89. The second-order valence-electron chi connectivity index (χ2n) is 7.61. The zero-order valence-corrected chi connectivity index (χ0v) is 17.9. The van der Waals surface area contributed by atoms with Crippen LogP contribution in [0.15, 0.2) is 23.1 Å². The van der Waals surface area contributed by atoms with Gasteiger partial charge in [-0.1, -0.05) is 18.0 Å². The molecule has 0 aromatic heterocycles. The van der Waals surface area contributed by atoms with Crippen LogP contribution in [0.2, 0.25) is 5.02 Å². The molecule has 3 rings (SSSR count). The van der Waals surface area contributed by atoms with Gasteiger partial charge in [0.05, 0.1) is 23.8 Å². The minimum Gasteiger partial charge on any atom is -0.373 e. The summed E-state index contributed by atoms with van der Waals surface area (Å²) in [5, 5.41) is 2.96. The molecule has 1 N–H and O–H groups in total. The number of sulfonamides is 1. The highest BCUT2D eigenvalue weighted by atomic mass is 35.5. The molecule has 0 saturated carbocycles. The fourth-order valence-electron chi connectivity index (χ4n) is 3.84. The molecular weight excluding hydrogens is 402 g/mol. The van der Waals surface area contributed by atoms with Crippen molar-refractivity contribution in [3.8, 4) is 0 Å². The summed E-state index contributed by atoms with van der Waals surface area (Å²) in [6.45, 7) is 6.58. The van der Waals surface area contributed by atoms with E-state index in [0.717, 1.165) is 19.3 Å². The van der Waals surface area contributed by atoms with Crippen LogP contribution >= 0.6 is 11.6 Å². The smallest absolute Gasteiger partial charge is 0.244 e. The summed E-state index contributed by atoms with van der Waals surface area (Å²) in [5.74, 6) is -0.190. The number of anilines is 1. The normalized spacial score (nSPS) is 24.8. The fraction of sp³-hybridized carbons (Fsp3) is 0.632. The van der Waals surface area contributed by atoms with Gasteiger partial charge in [0.15, 0.2) is 0 Å². The van der Waals surface area contributed by atoms with Gasteiger partial charge in [-0.15, -0.1) is 0 Å². The molecule has 7 nitrogen and oxygen atoms in total. The van der Waals surface area contributed by atoms with Gasteiger partial charge in [-0.2, -0.15) is 4.31 Å². The Morgan fingerprint density at radius 3 is 2.46 bits per heavy atom. The predicted octanol–water partition coefficient (Wildman–Crippen LogP) is 2.56. The van der Waals surface area contributed by atoms with Crippen molar-refractivity contribution in [2.75, 3.05) is 38.0 Å². The summed E-state index contributed by atoms with van der Waals surface area (Å²) in [5.41, 5.74) is 0.430. The highest BCUT2D eigenvalue weighted by Crippen LogP contribution is 2.29. The van der Waals surface area contributed by atoms with Crippen molar-refractivity contribution in [2.24, 2.45) is 0 Å². The summed E-state index contributed by atoms with van der Waals surface area (Å²) in [4.78, 5) is 14.5. The molecule has 2 aliphatic rings. The lowest BCUT2D eigenvalue weighted by Crippen LogP contribution is -2.48. The average Bonchev–Trinajstić information content (AvgIpc) is 2.63. The zero-order valence-electron chi connectivity index (χ0n) is 16.4. The molecule has 0 unspecified atom stereocenters. The number of ether oxygens (including phenoxy) is 1. The van der Waals surface area contributed by atoms with Crippen LogP contribution in [-0.4, -0.2) is 68.5 Å². The number of piperidine rings is 1. The van der Waals surface area contributed by atoms with E-state index < -0.39 is 10.0 Å². The van der Waals surface area contributed by atoms with E-state index in [1.165, 1.54) is 16.4 Å². The standard InChI is InChI=1S/C19H28ClN3O4S/c1-14-11-22(12-15(2)27-14)13-19(24)21-16-6-7-17(20)18(10-16)28(25,26)23-8-4-3-5-9-23/h6-7,10,14-15H,3-5,8-9,11-13H2,1-2H3,(H,21,24)/t14-,15+. The van der Waals surface area contributed by atoms with Crippen molar-refractivity contribution >= 4 is 33.2 Å². The SMILES string of the molecule is C[C@@H]1CN(CC(=O)Nc2ccc(Cl)c(S(=O)(=O)N3CCCCC3)c2)C[C@H](C)O1. The second kappa shape index (κ2) is 9.09. The van der Waals surface area contributed by atoms with E-state index in [-0.39, 0.29) is 34.6 Å². The molecule has 0 bridgehead atoms. The average molecular weight is 430 g/mol. The van der Waals surface area contributed by atoms with Gasteiger partial charge in [-0.05, 0) is 44.9 Å². The maximum Gasteiger partial charge on any atom is 0.244 e. The van der Waals surface area contributed by atoms with Crippen LogP contribution in [0.4, 0.5) is 5.69 Å². The predicted molar refractivity (Wildman–Crippen MR) is 109 cm³/mol. The highest BCUT2D eigenvalue weighted by Gasteiger charge is 2.29. The van der Waals surface area contributed by atoms with Crippen LogP contribution in [0.3, 0.4) is 0 Å². The Kier molecular flexibility index (Phi) is 6.98. The molecule has 0 radical (unpaired) electrons. The molecule has 0 spiro atoms. The van der Waals surface area contributed by atoms with E-state index in [0.29, 0.717) is 31.9 Å². The first-order chi connectivity index (χ1) is 13.3. The second-order valence-corrected chi connectivity index (χ2v) is 9.92. The third-order valence-corrected chi connectivity index (χ3v) is 7.39. The van der Waals surface area contributed by atoms with Crippen molar-refractivity contribution < 1.29 is 17.9 Å². The van der Waals surface area contributed by atoms with Gasteiger partial charge in [-0.3, -0.25) is 9.69 Å². The molecule has 2 fully saturated rings. The number of nitrogens with one attached hydrogen (secondary N) is 1. The lowest BCUT2D eigenvalue weighted by atomic mass is 10.2. The largest absolute Gasteiger partial charge is 0.373 e. The van der Waals surface area contributed by atoms with E-state index in [9.17, 15) is 13.2 Å². The van der Waals surface area contributed by atoms with Gasteiger partial charge in [-0.25, -0.2) is 8.42 Å². The summed E-state index contributed by atoms with van der Waals surface area (Å²) < 4.78 is 33.0. The number of rotatable bonds is 5. The number of hydrogen-bond donors (Lipinski definition) is 1. The minimum absolute atomic E-state index is 0.0440. The highest BCUT2D eigenvalue weighted by molar-refractivity contribution is 7.89. The van der Waals surface area contributed by atoms with Crippen molar-refractivity contribution in [1.29, 1.82) is 0 Å². The Morgan fingerprint density at radius 2 is 1.82 bits per heavy atom. The van der Waals surface area contributed by atoms with Crippen LogP contribution in [0.1, 0.15) is 33.1 Å². The molecule has 1 aromatic rings. The van der Waals surface area contributed by atoms with Crippen molar-refractivity contribution in [1.82, 2.24) is 9.21 Å². The molecule has 156 valence electrons. The number of carbonyl (C=O) groups is 1. The first-order valence-electron chi connectivity index (χ1n) is 9.73. The van der Waals surface area contributed by atoms with Crippen molar-refractivity contribution in [2.45, 2.75) is 50.2 Å². The summed E-state index contributed by atoms with van der Waals surface area (Å²) in [7, 11) is -3.67. The van der Waals surface area contributed by atoms with Crippen LogP contribution in [0.5, 0.6) is 0 Å². The molecule has 9 heteroatoms. The van der Waals surface area contributed by atoms with Gasteiger partial charge >= 0.3 is 0 Å². The van der Waals surface area contributed by atoms with Crippen LogP contribution in [0, 0.1) is 0 Å². The van der Waals surface area contributed by atoms with Gasteiger partial charge in [0, 0.05) is 31.9 Å². The Hall–Kier alpha value is -1.19. The molecule has 1 aromatic carbocycles. The summed E-state index contributed by atoms with van der Waals surface area (Å²) in [6, 6.07) is 4.60. The third-order valence-electron chi connectivity index (χ3n) is 5.01. The maximum absolute atomic E-state index is 12.9. The van der Waals surface area contributed by atoms with E-state index in [1.807, 2.05) is 18.7 Å². The molecule has 2 aliphatic heterocycles. The monoisotopic (exact) mass is 429 g/mol. The number of carbonyl (C=O) groups excluding carboxylic acids is 1. The molecule has 28 heavy (non-hydrogen) atoms. The quantitative estimate of drug-likeness (QED) is 0.778. The van der Waals surface area contributed by atoms with Gasteiger partial charge < -0.3 is 10.1 Å². The van der Waals surface area contributed by atoms with E-state index in [2.05, 4.69) is 5.32 Å². The van der Waals surface area contributed by atoms with E-state index in [1.54, 1.807) is 6.07 Å². The number of amides is 1. The van der Waals surface area contributed by atoms with Gasteiger partial charge in [0.1, 0.15) is 4.90 Å².